The number of nitrogens with zero attached hydrogens (tertiary/aromatic N) is 1. The summed E-state index contributed by atoms with van der Waals surface area (Å²) in [6.07, 6.45) is 0.784. The van der Waals surface area contributed by atoms with E-state index in [4.69, 9.17) is 0 Å². The number of rotatable bonds is 9. The van der Waals surface area contributed by atoms with Crippen molar-refractivity contribution in [3.05, 3.63) is 126 Å². The van der Waals surface area contributed by atoms with Crippen LogP contribution >= 0.6 is 11.8 Å². The number of anilines is 2. The maximum absolute atomic E-state index is 12.8. The zero-order valence-electron chi connectivity index (χ0n) is 21.0. The fraction of sp³-hybridized carbons (Fsp3) is 0.133. The highest BCUT2D eigenvalue weighted by Gasteiger charge is 2.32. The Hall–Kier alpha value is -4.08. The lowest BCUT2D eigenvalue weighted by molar-refractivity contribution is -0.128. The van der Waals surface area contributed by atoms with Gasteiger partial charge in [-0.3, -0.25) is 14.3 Å². The molecule has 198 valence electrons. The van der Waals surface area contributed by atoms with Crippen molar-refractivity contribution in [3.8, 4) is 0 Å². The number of hydrogen-bond donors (Lipinski definition) is 2. The Kier molecular flexibility index (Phi) is 7.99. The fourth-order valence-electron chi connectivity index (χ4n) is 4.31. The Morgan fingerprint density at radius 3 is 2.13 bits per heavy atom. The average Bonchev–Trinajstić information content (AvgIpc) is 3.33. The molecule has 2 amide bonds. The number of carbonyl (C=O) groups excluding carboxylic acids is 2. The number of amides is 2. The third-order valence-corrected chi connectivity index (χ3v) is 9.01. The van der Waals surface area contributed by atoms with Gasteiger partial charge in [-0.2, -0.15) is 0 Å². The molecule has 0 saturated carbocycles. The van der Waals surface area contributed by atoms with Crippen LogP contribution in [0.5, 0.6) is 0 Å². The van der Waals surface area contributed by atoms with Gasteiger partial charge in [0.2, 0.25) is 5.91 Å². The molecular weight excluding hydrogens is 530 g/mol. The first-order chi connectivity index (χ1) is 18.9. The second kappa shape index (κ2) is 11.8. The quantitative estimate of drug-likeness (QED) is 0.281. The molecule has 2 N–H and O–H groups in total. The van der Waals surface area contributed by atoms with Gasteiger partial charge in [0.15, 0.2) is 0 Å². The maximum Gasteiger partial charge on any atom is 0.261 e. The molecule has 1 saturated heterocycles. The molecule has 0 unspecified atom stereocenters. The summed E-state index contributed by atoms with van der Waals surface area (Å²) >= 11 is 1.59. The average molecular weight is 558 g/mol. The molecule has 1 fully saturated rings. The van der Waals surface area contributed by atoms with Crippen LogP contribution in [0.4, 0.5) is 11.4 Å². The van der Waals surface area contributed by atoms with Crippen molar-refractivity contribution in [3.63, 3.8) is 0 Å². The van der Waals surface area contributed by atoms with Crippen LogP contribution in [0.15, 0.2) is 114 Å². The molecule has 1 atom stereocenters. The number of para-hydroxylation sites is 1. The van der Waals surface area contributed by atoms with Gasteiger partial charge in [0, 0.05) is 23.5 Å². The van der Waals surface area contributed by atoms with E-state index in [1.54, 1.807) is 66.4 Å². The van der Waals surface area contributed by atoms with Crippen LogP contribution < -0.4 is 10.0 Å². The van der Waals surface area contributed by atoms with Crippen LogP contribution in [0.3, 0.4) is 0 Å². The van der Waals surface area contributed by atoms with Gasteiger partial charge in [0.05, 0.1) is 10.6 Å². The second-order valence-corrected chi connectivity index (χ2v) is 11.8. The minimum absolute atomic E-state index is 0.0858. The van der Waals surface area contributed by atoms with Crippen molar-refractivity contribution in [2.45, 2.75) is 16.7 Å². The third kappa shape index (κ3) is 6.50. The van der Waals surface area contributed by atoms with Gasteiger partial charge in [0.1, 0.15) is 5.37 Å². The predicted molar refractivity (Wildman–Crippen MR) is 155 cm³/mol. The van der Waals surface area contributed by atoms with Gasteiger partial charge >= 0.3 is 0 Å². The SMILES string of the molecule is O=C(Nc1ccc(S(=O)(=O)Nc2ccccc2)cc1)c1ccc([C@H]2SCC(=O)N2CCc2ccccc2)cc1. The smallest absolute Gasteiger partial charge is 0.261 e. The van der Waals surface area contributed by atoms with Gasteiger partial charge in [0.25, 0.3) is 15.9 Å². The first kappa shape index (κ1) is 26.5. The Labute approximate surface area is 232 Å². The summed E-state index contributed by atoms with van der Waals surface area (Å²) in [6.45, 7) is 0.634. The Bertz CT molecular complexity index is 1540. The van der Waals surface area contributed by atoms with Gasteiger partial charge < -0.3 is 10.2 Å². The van der Waals surface area contributed by atoms with Crippen LogP contribution in [0.25, 0.3) is 0 Å². The third-order valence-electron chi connectivity index (χ3n) is 6.36. The summed E-state index contributed by atoms with van der Waals surface area (Å²) in [4.78, 5) is 27.4. The molecule has 1 aliphatic rings. The summed E-state index contributed by atoms with van der Waals surface area (Å²) in [6, 6.07) is 32.0. The highest BCUT2D eigenvalue weighted by Crippen LogP contribution is 2.38. The summed E-state index contributed by atoms with van der Waals surface area (Å²) in [7, 11) is -3.74. The molecule has 0 aliphatic carbocycles. The zero-order valence-corrected chi connectivity index (χ0v) is 22.6. The van der Waals surface area contributed by atoms with E-state index in [0.717, 1.165) is 12.0 Å². The molecule has 0 radical (unpaired) electrons. The maximum atomic E-state index is 12.8. The summed E-state index contributed by atoms with van der Waals surface area (Å²) in [5, 5.41) is 2.72. The van der Waals surface area contributed by atoms with Crippen LogP contribution in [0, 0.1) is 0 Å². The standard InChI is InChI=1S/C30H27N3O4S2/c34-28-21-38-30(33(28)20-19-22-7-3-1-4-8-22)24-13-11-23(12-14-24)29(35)31-25-15-17-27(18-16-25)39(36,37)32-26-9-5-2-6-10-26/h1-18,30,32H,19-21H2,(H,31,35)/t30-/m1/s1. The van der Waals surface area contributed by atoms with E-state index in [-0.39, 0.29) is 22.1 Å². The second-order valence-electron chi connectivity index (χ2n) is 9.06. The monoisotopic (exact) mass is 557 g/mol. The number of hydrogen-bond acceptors (Lipinski definition) is 5. The van der Waals surface area contributed by atoms with Crippen LogP contribution in [0.2, 0.25) is 0 Å². The van der Waals surface area contributed by atoms with Crippen LogP contribution in [-0.2, 0) is 21.2 Å². The van der Waals surface area contributed by atoms with Crippen molar-refractivity contribution in [1.82, 2.24) is 4.90 Å². The largest absolute Gasteiger partial charge is 0.326 e. The molecule has 1 heterocycles. The van der Waals surface area contributed by atoms with E-state index in [9.17, 15) is 18.0 Å². The van der Waals surface area contributed by atoms with Gasteiger partial charge in [-0.15, -0.1) is 11.8 Å². The number of benzene rings is 4. The van der Waals surface area contributed by atoms with E-state index in [1.807, 2.05) is 35.2 Å². The minimum Gasteiger partial charge on any atom is -0.326 e. The molecule has 0 bridgehead atoms. The minimum atomic E-state index is -3.74. The van der Waals surface area contributed by atoms with Crippen molar-refractivity contribution in [2.24, 2.45) is 0 Å². The zero-order chi connectivity index (χ0) is 27.2. The van der Waals surface area contributed by atoms with Crippen molar-refractivity contribution in [1.29, 1.82) is 0 Å². The lowest BCUT2D eigenvalue weighted by atomic mass is 10.1. The Morgan fingerprint density at radius 1 is 0.821 bits per heavy atom. The number of carbonyl (C=O) groups is 2. The summed E-state index contributed by atoms with van der Waals surface area (Å²) in [5.74, 6) is 0.247. The fourth-order valence-corrected chi connectivity index (χ4v) is 6.58. The van der Waals surface area contributed by atoms with Gasteiger partial charge in [-0.05, 0) is 66.1 Å². The number of thioether (sulfide) groups is 1. The van der Waals surface area contributed by atoms with Gasteiger partial charge in [-0.1, -0.05) is 60.7 Å². The predicted octanol–water partition coefficient (Wildman–Crippen LogP) is 5.56. The number of sulfonamides is 1. The Morgan fingerprint density at radius 2 is 1.46 bits per heavy atom. The van der Waals surface area contributed by atoms with E-state index in [1.165, 1.54) is 17.7 Å². The molecule has 7 nitrogen and oxygen atoms in total. The molecule has 1 aliphatic heterocycles. The first-order valence-corrected chi connectivity index (χ1v) is 15.0. The molecule has 4 aromatic rings. The molecular formula is C30H27N3O4S2. The van der Waals surface area contributed by atoms with Crippen LogP contribution in [-0.4, -0.2) is 37.4 Å². The molecule has 5 rings (SSSR count). The molecule has 0 aromatic heterocycles. The molecule has 0 spiro atoms. The molecule has 4 aromatic carbocycles. The topological polar surface area (TPSA) is 95.6 Å². The van der Waals surface area contributed by atoms with Gasteiger partial charge in [-0.25, -0.2) is 8.42 Å². The van der Waals surface area contributed by atoms with E-state index >= 15 is 0 Å². The highest BCUT2D eigenvalue weighted by atomic mass is 32.2. The lowest BCUT2D eigenvalue weighted by Gasteiger charge is -2.24. The van der Waals surface area contributed by atoms with Crippen molar-refractivity contribution in [2.75, 3.05) is 22.3 Å². The summed E-state index contributed by atoms with van der Waals surface area (Å²) in [5.41, 5.74) is 3.57. The van der Waals surface area contributed by atoms with E-state index < -0.39 is 10.0 Å². The van der Waals surface area contributed by atoms with E-state index in [0.29, 0.717) is 29.2 Å². The highest BCUT2D eigenvalue weighted by molar-refractivity contribution is 8.00. The molecule has 39 heavy (non-hydrogen) atoms. The lowest BCUT2D eigenvalue weighted by Crippen LogP contribution is -2.30. The first-order valence-electron chi connectivity index (χ1n) is 12.4. The van der Waals surface area contributed by atoms with E-state index in [2.05, 4.69) is 22.2 Å². The Balaban J connectivity index is 1.21. The number of nitrogens with one attached hydrogen (secondary N) is 2. The van der Waals surface area contributed by atoms with Crippen molar-refractivity contribution >= 4 is 45.0 Å². The normalized spacial score (nSPS) is 15.2. The van der Waals surface area contributed by atoms with Crippen LogP contribution in [0.1, 0.15) is 26.9 Å². The molecule has 9 heteroatoms. The summed E-state index contributed by atoms with van der Waals surface area (Å²) < 4.78 is 27.8. The van der Waals surface area contributed by atoms with Crippen molar-refractivity contribution < 1.29 is 18.0 Å².